The lowest BCUT2D eigenvalue weighted by Gasteiger charge is -2.12. The zero-order valence-electron chi connectivity index (χ0n) is 16.9. The molecule has 0 saturated heterocycles. The second-order valence-electron chi connectivity index (χ2n) is 7.17. The third kappa shape index (κ3) is 6.99. The fourth-order valence-corrected chi connectivity index (χ4v) is 3.88. The molecule has 0 radical (unpaired) electrons. The van der Waals surface area contributed by atoms with Gasteiger partial charge in [0.1, 0.15) is 0 Å². The highest BCUT2D eigenvalue weighted by Gasteiger charge is 2.15. The van der Waals surface area contributed by atoms with Crippen LogP contribution in [0.25, 0.3) is 0 Å². The number of sulfonamides is 1. The lowest BCUT2D eigenvalue weighted by Crippen LogP contribution is -2.29. The van der Waals surface area contributed by atoms with Crippen molar-refractivity contribution in [1.29, 1.82) is 0 Å². The Morgan fingerprint density at radius 3 is 2.19 bits per heavy atom. The van der Waals surface area contributed by atoms with Gasteiger partial charge in [-0.25, -0.2) is 13.1 Å². The summed E-state index contributed by atoms with van der Waals surface area (Å²) in [5.74, 6) is -0.676. The minimum absolute atomic E-state index is 0.249. The van der Waals surface area contributed by atoms with E-state index in [-0.39, 0.29) is 5.56 Å². The zero-order valence-corrected chi connectivity index (χ0v) is 19.2. The van der Waals surface area contributed by atoms with Gasteiger partial charge in [-0.2, -0.15) is 0 Å². The molecule has 5 nitrogen and oxygen atoms in total. The summed E-state index contributed by atoms with van der Waals surface area (Å²) < 4.78 is 24.7. The van der Waals surface area contributed by atoms with Gasteiger partial charge in [0.2, 0.25) is 10.0 Å². The number of carbonyl (C=O) groups is 1. The molecule has 0 aromatic heterocycles. The van der Waals surface area contributed by atoms with Gasteiger partial charge in [0, 0.05) is 5.69 Å². The Kier molecular flexibility index (Phi) is 7.59. The lowest BCUT2D eigenvalue weighted by molar-refractivity contribution is 0.0982. The number of rotatable bonds is 8. The number of benzene rings is 3. The third-order valence-electron chi connectivity index (χ3n) is 4.60. The Balaban J connectivity index is 1.61. The minimum atomic E-state index is -3.64. The van der Waals surface area contributed by atoms with E-state index in [1.54, 1.807) is 24.3 Å². The van der Waals surface area contributed by atoms with Crippen LogP contribution in [-0.4, -0.2) is 20.6 Å². The maximum Gasteiger partial charge on any atom is 0.266 e. The van der Waals surface area contributed by atoms with Crippen molar-refractivity contribution in [3.63, 3.8) is 0 Å². The van der Waals surface area contributed by atoms with E-state index in [1.165, 1.54) is 5.56 Å². The van der Waals surface area contributed by atoms with Gasteiger partial charge >= 0.3 is 0 Å². The Bertz CT molecular complexity index is 1180. The molecular formula is C23H22Cl2N2O3S. The van der Waals surface area contributed by atoms with Gasteiger partial charge in [0.15, 0.2) is 0 Å². The van der Waals surface area contributed by atoms with E-state index in [0.717, 1.165) is 36.8 Å². The van der Waals surface area contributed by atoms with E-state index in [9.17, 15) is 13.2 Å². The molecule has 8 heteroatoms. The van der Waals surface area contributed by atoms with Gasteiger partial charge in [-0.15, -0.1) is 0 Å². The first kappa shape index (κ1) is 23.1. The quantitative estimate of drug-likeness (QED) is 0.443. The Labute approximate surface area is 192 Å². The number of para-hydroxylation sites is 1. The van der Waals surface area contributed by atoms with E-state index in [1.807, 2.05) is 47.2 Å². The highest BCUT2D eigenvalue weighted by atomic mass is 35.5. The first-order chi connectivity index (χ1) is 14.7. The Morgan fingerprint density at radius 1 is 0.871 bits per heavy atom. The van der Waals surface area contributed by atoms with Crippen LogP contribution in [-0.2, 0) is 22.9 Å². The molecule has 3 aromatic carbocycles. The maximum atomic E-state index is 12.3. The van der Waals surface area contributed by atoms with Crippen LogP contribution in [0.4, 0.5) is 11.4 Å². The first-order valence-electron chi connectivity index (χ1n) is 9.62. The molecule has 0 spiro atoms. The molecule has 3 aromatic rings. The van der Waals surface area contributed by atoms with Crippen molar-refractivity contribution in [2.45, 2.75) is 19.3 Å². The minimum Gasteiger partial charge on any atom is -0.355 e. The van der Waals surface area contributed by atoms with Crippen LogP contribution in [0.15, 0.2) is 66.7 Å². The topological polar surface area (TPSA) is 75.3 Å². The molecule has 31 heavy (non-hydrogen) atoms. The van der Waals surface area contributed by atoms with Gasteiger partial charge in [-0.3, -0.25) is 4.79 Å². The molecule has 0 unspecified atom stereocenters. The summed E-state index contributed by atoms with van der Waals surface area (Å²) in [6.45, 7) is 0. The predicted octanol–water partition coefficient (Wildman–Crippen LogP) is 5.60. The van der Waals surface area contributed by atoms with Crippen molar-refractivity contribution in [2.24, 2.45) is 0 Å². The third-order valence-corrected chi connectivity index (χ3v) is 5.89. The van der Waals surface area contributed by atoms with Crippen LogP contribution in [0, 0.1) is 0 Å². The normalized spacial score (nSPS) is 11.2. The maximum absolute atomic E-state index is 12.3. The van der Waals surface area contributed by atoms with Crippen molar-refractivity contribution >= 4 is 50.5 Å². The van der Waals surface area contributed by atoms with Crippen molar-refractivity contribution in [1.82, 2.24) is 4.72 Å². The average Bonchev–Trinajstić information content (AvgIpc) is 2.71. The second kappa shape index (κ2) is 10.2. The van der Waals surface area contributed by atoms with E-state index < -0.39 is 15.9 Å². The summed E-state index contributed by atoms with van der Waals surface area (Å²) in [7, 11) is -3.64. The number of amides is 1. The molecule has 0 aliphatic carbocycles. The SMILES string of the molecule is CS(=O)(=O)NC(=O)c1ccccc1Nc1ccc(CCCc2ccc(Cl)c(Cl)c2)cc1. The number of halogens is 2. The summed E-state index contributed by atoms with van der Waals surface area (Å²) >= 11 is 12.0. The molecular weight excluding hydrogens is 455 g/mol. The number of carbonyl (C=O) groups excluding carboxylic acids is 1. The molecule has 0 fully saturated rings. The lowest BCUT2D eigenvalue weighted by atomic mass is 10.0. The van der Waals surface area contributed by atoms with E-state index in [2.05, 4.69) is 5.32 Å². The largest absolute Gasteiger partial charge is 0.355 e. The van der Waals surface area contributed by atoms with E-state index >= 15 is 0 Å². The summed E-state index contributed by atoms with van der Waals surface area (Å²) in [5, 5.41) is 4.31. The summed E-state index contributed by atoms with van der Waals surface area (Å²) in [6.07, 6.45) is 3.73. The highest BCUT2D eigenvalue weighted by molar-refractivity contribution is 7.89. The molecule has 1 amide bonds. The molecule has 0 saturated carbocycles. The van der Waals surface area contributed by atoms with Gasteiger partial charge in [-0.05, 0) is 66.8 Å². The van der Waals surface area contributed by atoms with Crippen LogP contribution < -0.4 is 10.0 Å². The smallest absolute Gasteiger partial charge is 0.266 e. The van der Waals surface area contributed by atoms with Crippen molar-refractivity contribution in [2.75, 3.05) is 11.6 Å². The number of hydrogen-bond acceptors (Lipinski definition) is 4. The fourth-order valence-electron chi connectivity index (χ4n) is 3.12. The molecule has 0 bridgehead atoms. The molecule has 162 valence electrons. The molecule has 2 N–H and O–H groups in total. The summed E-state index contributed by atoms with van der Waals surface area (Å²) in [5.41, 5.74) is 3.91. The number of nitrogens with one attached hydrogen (secondary N) is 2. The van der Waals surface area contributed by atoms with E-state index in [0.29, 0.717) is 15.7 Å². The Hall–Kier alpha value is -2.54. The number of aryl methyl sites for hydroxylation is 2. The van der Waals surface area contributed by atoms with Crippen molar-refractivity contribution in [3.05, 3.63) is 93.5 Å². The Morgan fingerprint density at radius 2 is 1.52 bits per heavy atom. The van der Waals surface area contributed by atoms with Gasteiger partial charge in [0.05, 0.1) is 27.6 Å². The second-order valence-corrected chi connectivity index (χ2v) is 9.74. The summed E-state index contributed by atoms with van der Waals surface area (Å²) in [6, 6.07) is 20.4. The van der Waals surface area contributed by atoms with Crippen LogP contribution in [0.2, 0.25) is 10.0 Å². The number of hydrogen-bond donors (Lipinski definition) is 2. The molecule has 0 aliphatic rings. The fraction of sp³-hybridized carbons (Fsp3) is 0.174. The van der Waals surface area contributed by atoms with Crippen LogP contribution in [0.1, 0.15) is 27.9 Å². The number of anilines is 2. The molecule has 0 aliphatic heterocycles. The van der Waals surface area contributed by atoms with Crippen LogP contribution >= 0.6 is 23.2 Å². The monoisotopic (exact) mass is 476 g/mol. The van der Waals surface area contributed by atoms with Gasteiger partial charge < -0.3 is 5.32 Å². The van der Waals surface area contributed by atoms with Gasteiger partial charge in [0.25, 0.3) is 5.91 Å². The average molecular weight is 477 g/mol. The van der Waals surface area contributed by atoms with Crippen LogP contribution in [0.5, 0.6) is 0 Å². The summed E-state index contributed by atoms with van der Waals surface area (Å²) in [4.78, 5) is 12.3. The highest BCUT2D eigenvalue weighted by Crippen LogP contribution is 2.24. The van der Waals surface area contributed by atoms with Crippen molar-refractivity contribution in [3.8, 4) is 0 Å². The molecule has 0 atom stereocenters. The first-order valence-corrected chi connectivity index (χ1v) is 12.3. The molecule has 3 rings (SSSR count). The standard InChI is InChI=1S/C23H22Cl2N2O3S/c1-31(29,30)27-23(28)19-7-2-3-8-22(19)26-18-12-9-16(10-13-18)5-4-6-17-11-14-20(24)21(25)15-17/h2-3,7-15,26H,4-6H2,1H3,(H,27,28). The van der Waals surface area contributed by atoms with Gasteiger partial charge in [-0.1, -0.05) is 53.5 Å². The zero-order chi connectivity index (χ0) is 22.4. The molecule has 0 heterocycles. The van der Waals surface area contributed by atoms with E-state index in [4.69, 9.17) is 23.2 Å². The van der Waals surface area contributed by atoms with Crippen LogP contribution in [0.3, 0.4) is 0 Å². The van der Waals surface area contributed by atoms with Crippen molar-refractivity contribution < 1.29 is 13.2 Å². The predicted molar refractivity (Wildman–Crippen MR) is 127 cm³/mol.